The minimum absolute atomic E-state index is 0.0854. The lowest BCUT2D eigenvalue weighted by atomic mass is 10.1. The summed E-state index contributed by atoms with van der Waals surface area (Å²) in [4.78, 5) is 36.5. The van der Waals surface area contributed by atoms with Crippen molar-refractivity contribution in [1.29, 1.82) is 0 Å². The molecule has 8 heteroatoms. The number of Topliss-reactive ketones (excluding diaryl/α,β-unsaturated/α-hetero) is 1. The van der Waals surface area contributed by atoms with E-state index in [4.69, 9.17) is 9.47 Å². The Labute approximate surface area is 153 Å². The SMILES string of the molecule is C[Si](C)(C)CCOCOc1cccc(C(=O)N2CC(=O)C[C@H]2C(=O)O)c1. The molecule has 1 saturated heterocycles. The molecule has 0 aromatic heterocycles. The lowest BCUT2D eigenvalue weighted by Crippen LogP contribution is -2.40. The van der Waals surface area contributed by atoms with Gasteiger partial charge in [-0.3, -0.25) is 9.59 Å². The van der Waals surface area contributed by atoms with Crippen molar-refractivity contribution in [3.8, 4) is 5.75 Å². The molecule has 1 aliphatic rings. The van der Waals surface area contributed by atoms with E-state index in [9.17, 15) is 19.5 Å². The van der Waals surface area contributed by atoms with Crippen LogP contribution in [-0.2, 0) is 14.3 Å². The van der Waals surface area contributed by atoms with Crippen LogP contribution in [0.4, 0.5) is 0 Å². The lowest BCUT2D eigenvalue weighted by Gasteiger charge is -2.20. The van der Waals surface area contributed by atoms with Gasteiger partial charge in [0.15, 0.2) is 12.6 Å². The van der Waals surface area contributed by atoms with Gasteiger partial charge in [-0.1, -0.05) is 25.7 Å². The van der Waals surface area contributed by atoms with Crippen LogP contribution in [-0.4, -0.2) is 61.7 Å². The van der Waals surface area contributed by atoms with E-state index in [1.165, 1.54) is 6.07 Å². The number of carboxylic acid groups (broad SMARTS) is 1. The maximum Gasteiger partial charge on any atom is 0.326 e. The summed E-state index contributed by atoms with van der Waals surface area (Å²) in [6, 6.07) is 6.38. The molecule has 26 heavy (non-hydrogen) atoms. The van der Waals surface area contributed by atoms with E-state index in [-0.39, 0.29) is 31.1 Å². The Bertz CT molecular complexity index is 685. The summed E-state index contributed by atoms with van der Waals surface area (Å²) in [7, 11) is -1.15. The minimum Gasteiger partial charge on any atom is -0.480 e. The molecule has 0 aliphatic carbocycles. The number of benzene rings is 1. The zero-order valence-corrected chi connectivity index (χ0v) is 16.4. The quantitative estimate of drug-likeness (QED) is 0.423. The summed E-state index contributed by atoms with van der Waals surface area (Å²) in [5, 5.41) is 9.19. The van der Waals surface area contributed by atoms with Crippen molar-refractivity contribution in [2.24, 2.45) is 0 Å². The highest BCUT2D eigenvalue weighted by Crippen LogP contribution is 2.21. The standard InChI is InChI=1S/C18H25NO6Si/c1-26(2,3)8-7-24-12-25-15-6-4-5-13(9-15)17(21)19-11-14(20)10-16(19)18(22)23/h4-6,9,16H,7-8,10-12H2,1-3H3,(H,22,23)/t16-/m0/s1. The number of carboxylic acids is 1. The molecule has 0 radical (unpaired) electrons. The number of rotatable bonds is 8. The van der Waals surface area contributed by atoms with Gasteiger partial charge in [0, 0.05) is 26.7 Å². The number of carbonyl (C=O) groups excluding carboxylic acids is 2. The Hall–Kier alpha value is -2.19. The maximum absolute atomic E-state index is 12.6. The fourth-order valence-electron chi connectivity index (χ4n) is 2.56. The zero-order chi connectivity index (χ0) is 19.3. The van der Waals surface area contributed by atoms with Crippen molar-refractivity contribution in [3.05, 3.63) is 29.8 Å². The van der Waals surface area contributed by atoms with E-state index in [0.717, 1.165) is 10.9 Å². The van der Waals surface area contributed by atoms with Crippen LogP contribution in [0.1, 0.15) is 16.8 Å². The van der Waals surface area contributed by atoms with Crippen LogP contribution in [0, 0.1) is 0 Å². The molecule has 1 aliphatic heterocycles. The van der Waals surface area contributed by atoms with Gasteiger partial charge in [0.25, 0.3) is 5.91 Å². The first kappa shape index (κ1) is 20.1. The monoisotopic (exact) mass is 379 g/mol. The third-order valence-corrected chi connectivity index (χ3v) is 5.78. The van der Waals surface area contributed by atoms with Crippen molar-refractivity contribution in [2.75, 3.05) is 19.9 Å². The molecule has 1 aromatic carbocycles. The number of carbonyl (C=O) groups is 3. The molecule has 1 fully saturated rings. The number of hydrogen-bond acceptors (Lipinski definition) is 5. The molecular formula is C18H25NO6Si. The van der Waals surface area contributed by atoms with Crippen LogP contribution in [0.25, 0.3) is 0 Å². The van der Waals surface area contributed by atoms with Crippen LogP contribution in [0.5, 0.6) is 5.75 Å². The molecule has 1 atom stereocenters. The summed E-state index contributed by atoms with van der Waals surface area (Å²) >= 11 is 0. The third-order valence-electron chi connectivity index (χ3n) is 4.08. The topological polar surface area (TPSA) is 93.1 Å². The second kappa shape index (κ2) is 8.46. The van der Waals surface area contributed by atoms with Crippen molar-refractivity contribution in [2.45, 2.75) is 38.1 Å². The van der Waals surface area contributed by atoms with E-state index >= 15 is 0 Å². The van der Waals surface area contributed by atoms with Crippen LogP contribution >= 0.6 is 0 Å². The molecule has 1 heterocycles. The molecule has 142 valence electrons. The average molecular weight is 379 g/mol. The Kier molecular flexibility index (Phi) is 6.55. The van der Waals surface area contributed by atoms with Gasteiger partial charge >= 0.3 is 5.97 Å². The zero-order valence-electron chi connectivity index (χ0n) is 15.4. The fraction of sp³-hybridized carbons (Fsp3) is 0.500. The van der Waals surface area contributed by atoms with Crippen LogP contribution < -0.4 is 4.74 Å². The summed E-state index contributed by atoms with van der Waals surface area (Å²) < 4.78 is 11.0. The molecule has 0 bridgehead atoms. The van der Waals surface area contributed by atoms with Gasteiger partial charge in [0.2, 0.25) is 0 Å². The largest absolute Gasteiger partial charge is 0.480 e. The summed E-state index contributed by atoms with van der Waals surface area (Å²) in [6.07, 6.45) is -0.151. The molecule has 1 N–H and O–H groups in total. The Morgan fingerprint density at radius 2 is 2.04 bits per heavy atom. The number of hydrogen-bond donors (Lipinski definition) is 1. The Balaban J connectivity index is 1.94. The van der Waals surface area contributed by atoms with E-state index in [1.807, 2.05) is 0 Å². The first-order valence-electron chi connectivity index (χ1n) is 8.53. The molecule has 0 unspecified atom stereocenters. The number of ketones is 1. The Morgan fingerprint density at radius 1 is 1.31 bits per heavy atom. The van der Waals surface area contributed by atoms with E-state index < -0.39 is 26.0 Å². The second-order valence-corrected chi connectivity index (χ2v) is 13.2. The van der Waals surface area contributed by atoms with Crippen LogP contribution in [0.3, 0.4) is 0 Å². The van der Waals surface area contributed by atoms with Crippen molar-refractivity contribution >= 4 is 25.7 Å². The van der Waals surface area contributed by atoms with Crippen molar-refractivity contribution in [1.82, 2.24) is 4.90 Å². The molecule has 2 rings (SSSR count). The molecule has 0 saturated carbocycles. The Morgan fingerprint density at radius 3 is 2.69 bits per heavy atom. The first-order chi connectivity index (χ1) is 12.2. The van der Waals surface area contributed by atoms with Crippen molar-refractivity contribution < 1.29 is 29.0 Å². The highest BCUT2D eigenvalue weighted by molar-refractivity contribution is 6.76. The van der Waals surface area contributed by atoms with E-state index in [0.29, 0.717) is 12.4 Å². The van der Waals surface area contributed by atoms with Crippen molar-refractivity contribution in [3.63, 3.8) is 0 Å². The number of aliphatic carboxylic acids is 1. The number of ether oxygens (including phenoxy) is 2. The summed E-state index contributed by atoms with van der Waals surface area (Å²) in [5.74, 6) is -1.46. The highest BCUT2D eigenvalue weighted by Gasteiger charge is 2.39. The van der Waals surface area contributed by atoms with Gasteiger partial charge in [-0.05, 0) is 24.2 Å². The van der Waals surface area contributed by atoms with Gasteiger partial charge in [-0.15, -0.1) is 0 Å². The molecule has 7 nitrogen and oxygen atoms in total. The van der Waals surface area contributed by atoms with Gasteiger partial charge in [0.05, 0.1) is 6.54 Å². The van der Waals surface area contributed by atoms with E-state index in [1.54, 1.807) is 18.2 Å². The van der Waals surface area contributed by atoms with Gasteiger partial charge < -0.3 is 19.5 Å². The predicted octanol–water partition coefficient (Wildman–Crippen LogP) is 2.25. The lowest BCUT2D eigenvalue weighted by molar-refractivity contribution is -0.141. The molecule has 0 spiro atoms. The summed E-state index contributed by atoms with van der Waals surface area (Å²) in [5.41, 5.74) is 0.283. The fourth-order valence-corrected chi connectivity index (χ4v) is 3.31. The number of amides is 1. The third kappa shape index (κ3) is 5.67. The number of likely N-dealkylation sites (tertiary alicyclic amines) is 1. The van der Waals surface area contributed by atoms with Crippen LogP contribution in [0.2, 0.25) is 25.7 Å². The molecule has 1 amide bonds. The molecule has 1 aromatic rings. The molecular weight excluding hydrogens is 354 g/mol. The van der Waals surface area contributed by atoms with Gasteiger partial charge in [-0.2, -0.15) is 0 Å². The van der Waals surface area contributed by atoms with Gasteiger partial charge in [-0.25, -0.2) is 4.79 Å². The normalized spacial score (nSPS) is 17.4. The average Bonchev–Trinajstić information content (AvgIpc) is 2.95. The predicted molar refractivity (Wildman–Crippen MR) is 98.1 cm³/mol. The summed E-state index contributed by atoms with van der Waals surface area (Å²) in [6.45, 7) is 7.33. The van der Waals surface area contributed by atoms with Gasteiger partial charge in [0.1, 0.15) is 11.8 Å². The number of nitrogens with zero attached hydrogens (tertiary/aromatic N) is 1. The maximum atomic E-state index is 12.6. The first-order valence-corrected chi connectivity index (χ1v) is 12.2. The van der Waals surface area contributed by atoms with Crippen LogP contribution in [0.15, 0.2) is 24.3 Å². The smallest absolute Gasteiger partial charge is 0.326 e. The minimum atomic E-state index is -1.17. The van der Waals surface area contributed by atoms with E-state index in [2.05, 4.69) is 19.6 Å². The second-order valence-electron chi connectivity index (χ2n) is 7.54. The highest BCUT2D eigenvalue weighted by atomic mass is 28.3.